The Morgan fingerprint density at radius 2 is 2.06 bits per heavy atom. The number of nitrogens with one attached hydrogen (secondary N) is 1. The Hall–Kier alpha value is -0.670. The summed E-state index contributed by atoms with van der Waals surface area (Å²) in [6, 6.07) is 4.61. The van der Waals surface area contributed by atoms with Crippen LogP contribution in [-0.2, 0) is 10.8 Å². The molecule has 1 aliphatic heterocycles. The van der Waals surface area contributed by atoms with Crippen molar-refractivity contribution in [1.82, 2.24) is 5.32 Å². The van der Waals surface area contributed by atoms with Crippen molar-refractivity contribution in [3.63, 3.8) is 0 Å². The highest BCUT2D eigenvalue weighted by molar-refractivity contribution is 7.85. The maximum Gasteiger partial charge on any atom is 0.0536 e. The van der Waals surface area contributed by atoms with Gasteiger partial charge in [0.2, 0.25) is 0 Å². The van der Waals surface area contributed by atoms with Crippen LogP contribution in [0.3, 0.4) is 0 Å². The second-order valence-electron chi connectivity index (χ2n) is 4.39. The molecule has 0 aromatic heterocycles. The molecule has 2 atom stereocenters. The van der Waals surface area contributed by atoms with Crippen LogP contribution in [0.15, 0.2) is 17.0 Å². The van der Waals surface area contributed by atoms with E-state index in [-0.39, 0.29) is 0 Å². The van der Waals surface area contributed by atoms with Gasteiger partial charge in [-0.1, -0.05) is 19.1 Å². The molecule has 1 aromatic rings. The van der Waals surface area contributed by atoms with Gasteiger partial charge >= 0.3 is 0 Å². The fraction of sp³-hybridized carbons (Fsp3) is 0.538. The topological polar surface area (TPSA) is 29.1 Å². The van der Waals surface area contributed by atoms with Crippen LogP contribution in [-0.4, -0.2) is 16.5 Å². The molecule has 0 saturated carbocycles. The van der Waals surface area contributed by atoms with Crippen molar-refractivity contribution in [3.05, 3.63) is 28.8 Å². The predicted octanol–water partition coefficient (Wildman–Crippen LogP) is 2.47. The minimum Gasteiger partial charge on any atom is -0.310 e. The van der Waals surface area contributed by atoms with E-state index in [9.17, 15) is 4.21 Å². The molecule has 2 unspecified atom stereocenters. The Balaban J connectivity index is 2.55. The summed E-state index contributed by atoms with van der Waals surface area (Å²) in [5.74, 6) is 0.787. The zero-order valence-electron chi connectivity index (χ0n) is 10.2. The van der Waals surface area contributed by atoms with Gasteiger partial charge < -0.3 is 5.32 Å². The largest absolute Gasteiger partial charge is 0.310 e. The van der Waals surface area contributed by atoms with Gasteiger partial charge in [-0.15, -0.1) is 0 Å². The molecule has 0 aliphatic carbocycles. The lowest BCUT2D eigenvalue weighted by Gasteiger charge is -2.28. The molecule has 1 heterocycles. The molecule has 2 nitrogen and oxygen atoms in total. The quantitative estimate of drug-likeness (QED) is 0.856. The predicted molar refractivity (Wildman–Crippen MR) is 68.2 cm³/mol. The first kappa shape index (κ1) is 11.8. The van der Waals surface area contributed by atoms with Gasteiger partial charge in [-0.05, 0) is 43.5 Å². The summed E-state index contributed by atoms with van der Waals surface area (Å²) in [4.78, 5) is 1.08. The fourth-order valence-electron chi connectivity index (χ4n) is 2.46. The zero-order valence-corrected chi connectivity index (χ0v) is 11.0. The van der Waals surface area contributed by atoms with Crippen LogP contribution in [0, 0.1) is 13.8 Å². The van der Waals surface area contributed by atoms with E-state index in [4.69, 9.17) is 0 Å². The van der Waals surface area contributed by atoms with Gasteiger partial charge in [0.25, 0.3) is 0 Å². The minimum absolute atomic E-state index is 0.387. The molecule has 1 aliphatic rings. The van der Waals surface area contributed by atoms with Crippen LogP contribution < -0.4 is 5.32 Å². The summed E-state index contributed by atoms with van der Waals surface area (Å²) in [6.45, 7) is 7.26. The van der Waals surface area contributed by atoms with Gasteiger partial charge in [-0.25, -0.2) is 0 Å². The number of rotatable bonds is 2. The minimum atomic E-state index is -0.801. The third-order valence-corrected chi connectivity index (χ3v) is 4.83. The molecule has 0 radical (unpaired) electrons. The smallest absolute Gasteiger partial charge is 0.0536 e. The third kappa shape index (κ3) is 1.94. The summed E-state index contributed by atoms with van der Waals surface area (Å²) in [5.41, 5.74) is 3.72. The Bertz CT molecular complexity index is 428. The first-order chi connectivity index (χ1) is 7.65. The van der Waals surface area contributed by atoms with Crippen LogP contribution in [0.4, 0.5) is 0 Å². The van der Waals surface area contributed by atoms with Crippen molar-refractivity contribution in [1.29, 1.82) is 0 Å². The molecular formula is C13H19NOS. The number of hydrogen-bond acceptors (Lipinski definition) is 2. The normalized spacial score (nSPS) is 24.2. The molecule has 1 aromatic carbocycles. The van der Waals surface area contributed by atoms with Gasteiger partial charge in [0.05, 0.1) is 10.8 Å². The van der Waals surface area contributed by atoms with Crippen molar-refractivity contribution < 1.29 is 4.21 Å². The van der Waals surface area contributed by atoms with E-state index in [0.717, 1.165) is 23.6 Å². The second-order valence-corrected chi connectivity index (χ2v) is 5.90. The summed E-state index contributed by atoms with van der Waals surface area (Å²) in [5, 5.41) is 3.49. The van der Waals surface area contributed by atoms with E-state index in [1.165, 1.54) is 16.7 Å². The van der Waals surface area contributed by atoms with Gasteiger partial charge in [-0.2, -0.15) is 0 Å². The molecule has 0 fully saturated rings. The Morgan fingerprint density at radius 1 is 1.38 bits per heavy atom. The fourth-order valence-corrected chi connectivity index (χ4v) is 4.09. The molecule has 3 heteroatoms. The highest BCUT2D eigenvalue weighted by atomic mass is 32.2. The van der Waals surface area contributed by atoms with Gasteiger partial charge in [-0.3, -0.25) is 4.21 Å². The average Bonchev–Trinajstić information content (AvgIpc) is 2.26. The standard InChI is InChI=1S/C13H19NOS/c1-4-14-11-7-8-16(15)13-10(3)6-5-9(2)12(11)13/h5-6,11,14H,4,7-8H2,1-3H3. The van der Waals surface area contributed by atoms with E-state index in [2.05, 4.69) is 38.2 Å². The molecule has 16 heavy (non-hydrogen) atoms. The summed E-state index contributed by atoms with van der Waals surface area (Å²) in [7, 11) is -0.801. The van der Waals surface area contributed by atoms with Crippen LogP contribution >= 0.6 is 0 Å². The third-order valence-electron chi connectivity index (χ3n) is 3.23. The van der Waals surface area contributed by atoms with Gasteiger partial charge in [0, 0.05) is 16.7 Å². The van der Waals surface area contributed by atoms with E-state index >= 15 is 0 Å². The van der Waals surface area contributed by atoms with Crippen molar-refractivity contribution in [3.8, 4) is 0 Å². The SMILES string of the molecule is CCNC1CCS(=O)c2c(C)ccc(C)c21. The van der Waals surface area contributed by atoms with E-state index in [1.54, 1.807) is 0 Å². The molecular weight excluding hydrogens is 218 g/mol. The lowest BCUT2D eigenvalue weighted by molar-refractivity contribution is 0.517. The lowest BCUT2D eigenvalue weighted by Crippen LogP contribution is -2.28. The highest BCUT2D eigenvalue weighted by Gasteiger charge is 2.26. The molecule has 2 rings (SSSR count). The Morgan fingerprint density at radius 3 is 2.75 bits per heavy atom. The number of hydrogen-bond donors (Lipinski definition) is 1. The lowest BCUT2D eigenvalue weighted by atomic mass is 9.96. The molecule has 88 valence electrons. The maximum atomic E-state index is 12.1. The van der Waals surface area contributed by atoms with Crippen LogP contribution in [0.1, 0.15) is 36.1 Å². The van der Waals surface area contributed by atoms with Crippen LogP contribution in [0.5, 0.6) is 0 Å². The van der Waals surface area contributed by atoms with Crippen molar-refractivity contribution in [2.45, 2.75) is 38.1 Å². The van der Waals surface area contributed by atoms with Gasteiger partial charge in [0.1, 0.15) is 0 Å². The second kappa shape index (κ2) is 4.68. The van der Waals surface area contributed by atoms with Gasteiger partial charge in [0.15, 0.2) is 0 Å². The first-order valence-corrected chi connectivity index (χ1v) is 7.19. The summed E-state index contributed by atoms with van der Waals surface area (Å²) >= 11 is 0. The highest BCUT2D eigenvalue weighted by Crippen LogP contribution is 2.34. The Labute approximate surface area is 99.9 Å². The summed E-state index contributed by atoms with van der Waals surface area (Å²) in [6.07, 6.45) is 0.984. The monoisotopic (exact) mass is 237 g/mol. The van der Waals surface area contributed by atoms with E-state index < -0.39 is 10.8 Å². The van der Waals surface area contributed by atoms with Crippen molar-refractivity contribution >= 4 is 10.8 Å². The van der Waals surface area contributed by atoms with Crippen molar-refractivity contribution in [2.75, 3.05) is 12.3 Å². The van der Waals surface area contributed by atoms with E-state index in [0.29, 0.717) is 6.04 Å². The Kier molecular flexibility index (Phi) is 3.45. The molecule has 1 N–H and O–H groups in total. The molecule has 0 spiro atoms. The summed E-state index contributed by atoms with van der Waals surface area (Å²) < 4.78 is 12.1. The van der Waals surface area contributed by atoms with Crippen LogP contribution in [0.25, 0.3) is 0 Å². The number of aryl methyl sites for hydroxylation is 2. The average molecular weight is 237 g/mol. The number of benzene rings is 1. The molecule has 0 saturated heterocycles. The zero-order chi connectivity index (χ0) is 11.7. The number of fused-ring (bicyclic) bond motifs is 1. The van der Waals surface area contributed by atoms with Crippen LogP contribution in [0.2, 0.25) is 0 Å². The first-order valence-electron chi connectivity index (χ1n) is 5.87. The maximum absolute atomic E-state index is 12.1. The van der Waals surface area contributed by atoms with E-state index in [1.807, 2.05) is 0 Å². The molecule has 0 amide bonds. The molecule has 0 bridgehead atoms. The van der Waals surface area contributed by atoms with Crippen molar-refractivity contribution in [2.24, 2.45) is 0 Å².